The molecule has 2 aromatic rings. The Labute approximate surface area is 108 Å². The smallest absolute Gasteiger partial charge is 0.338 e. The molecule has 6 heteroatoms. The Morgan fingerprint density at radius 3 is 3.00 bits per heavy atom. The lowest BCUT2D eigenvalue weighted by Crippen LogP contribution is -2.30. The minimum absolute atomic E-state index is 0.190. The number of esters is 1. The molecule has 0 spiro atoms. The maximum atomic E-state index is 11.7. The summed E-state index contributed by atoms with van der Waals surface area (Å²) in [6.07, 6.45) is 1.58. The molecule has 0 aromatic carbocycles. The van der Waals surface area contributed by atoms with Gasteiger partial charge in [-0.05, 0) is 12.1 Å². The highest BCUT2D eigenvalue weighted by Gasteiger charge is 2.26. The Morgan fingerprint density at radius 1 is 1.61 bits per heavy atom. The second-order valence-electron chi connectivity index (χ2n) is 4.12. The minimum atomic E-state index is -0.388. The summed E-state index contributed by atoms with van der Waals surface area (Å²) >= 11 is 6.21. The Morgan fingerprint density at radius 2 is 2.39 bits per heavy atom. The van der Waals surface area contributed by atoms with E-state index >= 15 is 0 Å². The van der Waals surface area contributed by atoms with E-state index in [0.29, 0.717) is 35.0 Å². The SMILES string of the molecule is COC(=O)c1ccnc2c1cc(Cl)n2C1COC1. The first-order valence-corrected chi connectivity index (χ1v) is 5.91. The number of carbonyl (C=O) groups excluding carboxylic acids is 1. The molecule has 0 bridgehead atoms. The van der Waals surface area contributed by atoms with Crippen LogP contribution in [-0.4, -0.2) is 35.8 Å². The molecule has 0 unspecified atom stereocenters. The van der Waals surface area contributed by atoms with Gasteiger partial charge in [-0.15, -0.1) is 0 Å². The number of pyridine rings is 1. The van der Waals surface area contributed by atoms with Gasteiger partial charge in [-0.2, -0.15) is 0 Å². The number of aromatic nitrogens is 2. The molecule has 0 atom stereocenters. The van der Waals surface area contributed by atoms with E-state index < -0.39 is 0 Å². The van der Waals surface area contributed by atoms with E-state index in [4.69, 9.17) is 21.1 Å². The number of ether oxygens (including phenoxy) is 2. The van der Waals surface area contributed by atoms with Crippen LogP contribution in [-0.2, 0) is 9.47 Å². The fourth-order valence-corrected chi connectivity index (χ4v) is 2.42. The van der Waals surface area contributed by atoms with Crippen molar-refractivity contribution < 1.29 is 14.3 Å². The molecule has 3 heterocycles. The van der Waals surface area contributed by atoms with Crippen LogP contribution in [0.4, 0.5) is 0 Å². The van der Waals surface area contributed by atoms with Gasteiger partial charge in [0.2, 0.25) is 0 Å². The van der Waals surface area contributed by atoms with Gasteiger partial charge in [0.25, 0.3) is 0 Å². The van der Waals surface area contributed by atoms with E-state index in [-0.39, 0.29) is 12.0 Å². The van der Waals surface area contributed by atoms with Crippen molar-refractivity contribution in [3.63, 3.8) is 0 Å². The monoisotopic (exact) mass is 266 g/mol. The molecule has 0 amide bonds. The van der Waals surface area contributed by atoms with Crippen molar-refractivity contribution in [1.82, 2.24) is 9.55 Å². The summed E-state index contributed by atoms with van der Waals surface area (Å²) in [5.41, 5.74) is 1.17. The van der Waals surface area contributed by atoms with Gasteiger partial charge in [0.05, 0.1) is 31.9 Å². The molecule has 18 heavy (non-hydrogen) atoms. The van der Waals surface area contributed by atoms with E-state index in [1.807, 2.05) is 4.57 Å². The summed E-state index contributed by atoms with van der Waals surface area (Å²) in [5.74, 6) is -0.388. The van der Waals surface area contributed by atoms with Gasteiger partial charge in [0.15, 0.2) is 0 Å². The van der Waals surface area contributed by atoms with Crippen LogP contribution in [0, 0.1) is 0 Å². The zero-order valence-electron chi connectivity index (χ0n) is 9.72. The van der Waals surface area contributed by atoms with Gasteiger partial charge < -0.3 is 14.0 Å². The molecule has 0 saturated carbocycles. The fourth-order valence-electron chi connectivity index (χ4n) is 2.09. The standard InChI is InChI=1S/C12H11ClN2O3/c1-17-12(16)8-2-3-14-11-9(8)4-10(13)15(11)7-5-18-6-7/h2-4,7H,5-6H2,1H3. The summed E-state index contributed by atoms with van der Waals surface area (Å²) in [4.78, 5) is 16.0. The number of nitrogens with zero attached hydrogens (tertiary/aromatic N) is 2. The van der Waals surface area contributed by atoms with E-state index in [2.05, 4.69) is 4.98 Å². The Kier molecular flexibility index (Phi) is 2.72. The Bertz CT molecular complexity index is 619. The lowest BCUT2D eigenvalue weighted by Gasteiger charge is -2.28. The van der Waals surface area contributed by atoms with Crippen LogP contribution >= 0.6 is 11.6 Å². The number of halogens is 1. The molecule has 3 rings (SSSR count). The largest absolute Gasteiger partial charge is 0.465 e. The van der Waals surface area contributed by atoms with Crippen LogP contribution in [0.1, 0.15) is 16.4 Å². The van der Waals surface area contributed by atoms with Gasteiger partial charge in [-0.1, -0.05) is 11.6 Å². The third-order valence-corrected chi connectivity index (χ3v) is 3.37. The van der Waals surface area contributed by atoms with Gasteiger partial charge in [0.1, 0.15) is 10.8 Å². The highest BCUT2D eigenvalue weighted by molar-refractivity contribution is 6.31. The van der Waals surface area contributed by atoms with Crippen LogP contribution < -0.4 is 0 Å². The van der Waals surface area contributed by atoms with Crippen LogP contribution in [0.2, 0.25) is 5.15 Å². The van der Waals surface area contributed by atoms with E-state index in [0.717, 1.165) is 0 Å². The predicted octanol–water partition coefficient (Wildman–Crippen LogP) is 2.05. The lowest BCUT2D eigenvalue weighted by atomic mass is 10.2. The first-order chi connectivity index (χ1) is 8.72. The second kappa shape index (κ2) is 4.26. The van der Waals surface area contributed by atoms with Crippen LogP contribution in [0.25, 0.3) is 11.0 Å². The second-order valence-corrected chi connectivity index (χ2v) is 4.50. The average Bonchev–Trinajstić information content (AvgIpc) is 2.63. The Hall–Kier alpha value is -1.59. The van der Waals surface area contributed by atoms with Crippen LogP contribution in [0.15, 0.2) is 18.3 Å². The Balaban J connectivity index is 2.21. The van der Waals surface area contributed by atoms with Crippen LogP contribution in [0.3, 0.4) is 0 Å². The third kappa shape index (κ3) is 1.59. The predicted molar refractivity (Wildman–Crippen MR) is 65.9 cm³/mol. The van der Waals surface area contributed by atoms with Crippen molar-refractivity contribution in [3.8, 4) is 0 Å². The van der Waals surface area contributed by atoms with Crippen molar-refractivity contribution in [2.45, 2.75) is 6.04 Å². The van der Waals surface area contributed by atoms with Gasteiger partial charge in [-0.25, -0.2) is 9.78 Å². The molecule has 94 valence electrons. The van der Waals surface area contributed by atoms with Crippen LogP contribution in [0.5, 0.6) is 0 Å². The molecule has 0 radical (unpaired) electrons. The minimum Gasteiger partial charge on any atom is -0.465 e. The zero-order chi connectivity index (χ0) is 12.7. The molecule has 1 aliphatic heterocycles. The molecule has 0 N–H and O–H groups in total. The van der Waals surface area contributed by atoms with E-state index in [1.165, 1.54) is 7.11 Å². The summed E-state index contributed by atoms with van der Waals surface area (Å²) in [7, 11) is 1.35. The molecule has 0 aliphatic carbocycles. The summed E-state index contributed by atoms with van der Waals surface area (Å²) in [6, 6.07) is 3.57. The van der Waals surface area contributed by atoms with Gasteiger partial charge in [0, 0.05) is 11.6 Å². The van der Waals surface area contributed by atoms with Crippen molar-refractivity contribution >= 4 is 28.6 Å². The van der Waals surface area contributed by atoms with Crippen molar-refractivity contribution in [3.05, 3.63) is 29.0 Å². The first kappa shape index (κ1) is 11.5. The highest BCUT2D eigenvalue weighted by Crippen LogP contribution is 2.31. The molecular formula is C12H11ClN2O3. The quantitative estimate of drug-likeness (QED) is 0.781. The molecule has 2 aromatic heterocycles. The van der Waals surface area contributed by atoms with Crippen molar-refractivity contribution in [2.75, 3.05) is 20.3 Å². The highest BCUT2D eigenvalue weighted by atomic mass is 35.5. The number of carbonyl (C=O) groups is 1. The molecule has 5 nitrogen and oxygen atoms in total. The van der Waals surface area contributed by atoms with Gasteiger partial charge >= 0.3 is 5.97 Å². The first-order valence-electron chi connectivity index (χ1n) is 5.54. The lowest BCUT2D eigenvalue weighted by molar-refractivity contribution is -0.0214. The summed E-state index contributed by atoms with van der Waals surface area (Å²) in [6.45, 7) is 1.24. The summed E-state index contributed by atoms with van der Waals surface area (Å²) < 4.78 is 11.8. The average molecular weight is 267 g/mol. The number of hydrogen-bond acceptors (Lipinski definition) is 4. The van der Waals surface area contributed by atoms with Crippen molar-refractivity contribution in [2.24, 2.45) is 0 Å². The number of fused-ring (bicyclic) bond motifs is 1. The number of hydrogen-bond donors (Lipinski definition) is 0. The topological polar surface area (TPSA) is 53.3 Å². The maximum Gasteiger partial charge on any atom is 0.338 e. The zero-order valence-corrected chi connectivity index (χ0v) is 10.5. The summed E-state index contributed by atoms with van der Waals surface area (Å²) in [5, 5.41) is 1.27. The third-order valence-electron chi connectivity index (χ3n) is 3.08. The van der Waals surface area contributed by atoms with Gasteiger partial charge in [-0.3, -0.25) is 0 Å². The molecule has 1 saturated heterocycles. The molecule has 1 aliphatic rings. The fraction of sp³-hybridized carbons (Fsp3) is 0.333. The van der Waals surface area contributed by atoms with E-state index in [9.17, 15) is 4.79 Å². The van der Waals surface area contributed by atoms with Crippen molar-refractivity contribution in [1.29, 1.82) is 0 Å². The number of methoxy groups -OCH3 is 1. The molecule has 1 fully saturated rings. The maximum absolute atomic E-state index is 11.7. The molecular weight excluding hydrogens is 256 g/mol. The number of rotatable bonds is 2. The normalized spacial score (nSPS) is 15.7. The van der Waals surface area contributed by atoms with E-state index in [1.54, 1.807) is 18.3 Å².